The largest absolute Gasteiger partial charge is 0.0795 e. The summed E-state index contributed by atoms with van der Waals surface area (Å²) in [6.45, 7) is 0. The fourth-order valence-corrected chi connectivity index (χ4v) is 2.45. The molecule has 0 aromatic heterocycles. The molecule has 2 heteroatoms. The Labute approximate surface area is 119 Å². The summed E-state index contributed by atoms with van der Waals surface area (Å²) < 4.78 is 2.29. The van der Waals surface area contributed by atoms with Gasteiger partial charge in [0.15, 0.2) is 0 Å². The molecular weight excluding hydrogens is 340 g/mol. The van der Waals surface area contributed by atoms with Gasteiger partial charge in [-0.3, -0.25) is 0 Å². The van der Waals surface area contributed by atoms with Crippen LogP contribution < -0.4 is 0 Å². The van der Waals surface area contributed by atoms with Crippen LogP contribution in [0.1, 0.15) is 11.1 Å². The fourth-order valence-electron chi connectivity index (χ4n) is 1.59. The van der Waals surface area contributed by atoms with E-state index in [4.69, 9.17) is 0 Å². The third-order valence-electron chi connectivity index (χ3n) is 2.50. The Balaban J connectivity index is 2.09. The zero-order valence-electron chi connectivity index (χ0n) is 9.24. The average Bonchev–Trinajstić information content (AvgIpc) is 2.34. The standard InChI is InChI=1S/C15H12Br2/c16-14-10-3-1-6-12(14)8-5-9-13-7-2-4-11-15(13)17/h1-8,10-11H,9H2. The lowest BCUT2D eigenvalue weighted by Crippen LogP contribution is -1.82. The molecule has 0 saturated heterocycles. The lowest BCUT2D eigenvalue weighted by atomic mass is 10.1. The molecule has 0 aliphatic carbocycles. The summed E-state index contributed by atoms with van der Waals surface area (Å²) in [5, 5.41) is 0. The molecular formula is C15H12Br2. The molecule has 0 saturated carbocycles. The molecule has 0 N–H and O–H groups in total. The van der Waals surface area contributed by atoms with E-state index in [2.05, 4.69) is 74.3 Å². The normalized spacial score (nSPS) is 10.9. The SMILES string of the molecule is Brc1ccccc1C=CCc1ccccc1Br. The van der Waals surface area contributed by atoms with Crippen LogP contribution >= 0.6 is 31.9 Å². The van der Waals surface area contributed by atoms with E-state index in [0.717, 1.165) is 15.4 Å². The van der Waals surface area contributed by atoms with E-state index in [0.29, 0.717) is 0 Å². The molecule has 0 heterocycles. The summed E-state index contributed by atoms with van der Waals surface area (Å²) in [6, 6.07) is 16.5. The molecule has 0 unspecified atom stereocenters. The van der Waals surface area contributed by atoms with E-state index in [9.17, 15) is 0 Å². The van der Waals surface area contributed by atoms with E-state index in [1.165, 1.54) is 11.1 Å². The van der Waals surface area contributed by atoms with Gasteiger partial charge in [0.2, 0.25) is 0 Å². The van der Waals surface area contributed by atoms with Crippen LogP contribution in [-0.2, 0) is 6.42 Å². The van der Waals surface area contributed by atoms with Gasteiger partial charge in [-0.2, -0.15) is 0 Å². The van der Waals surface area contributed by atoms with Crippen molar-refractivity contribution in [1.29, 1.82) is 0 Å². The molecule has 0 spiro atoms. The van der Waals surface area contributed by atoms with Gasteiger partial charge in [0.25, 0.3) is 0 Å². The molecule has 0 aliphatic heterocycles. The first kappa shape index (κ1) is 12.6. The van der Waals surface area contributed by atoms with Crippen molar-refractivity contribution in [3.8, 4) is 0 Å². The number of benzene rings is 2. The summed E-state index contributed by atoms with van der Waals surface area (Å²) >= 11 is 7.09. The van der Waals surface area contributed by atoms with Crippen LogP contribution in [0.3, 0.4) is 0 Å². The number of halogens is 2. The van der Waals surface area contributed by atoms with Crippen molar-refractivity contribution in [2.24, 2.45) is 0 Å². The predicted molar refractivity (Wildman–Crippen MR) is 81.0 cm³/mol. The zero-order chi connectivity index (χ0) is 12.1. The molecule has 0 atom stereocenters. The maximum Gasteiger partial charge on any atom is 0.0247 e. The molecule has 0 radical (unpaired) electrons. The van der Waals surface area contributed by atoms with Crippen LogP contribution in [0.2, 0.25) is 0 Å². The van der Waals surface area contributed by atoms with E-state index in [-0.39, 0.29) is 0 Å². The minimum absolute atomic E-state index is 0.933. The van der Waals surface area contributed by atoms with Gasteiger partial charge >= 0.3 is 0 Å². The summed E-state index contributed by atoms with van der Waals surface area (Å²) in [7, 11) is 0. The summed E-state index contributed by atoms with van der Waals surface area (Å²) in [5.41, 5.74) is 2.51. The van der Waals surface area contributed by atoms with E-state index in [1.807, 2.05) is 18.2 Å². The van der Waals surface area contributed by atoms with Crippen LogP contribution in [0, 0.1) is 0 Å². The van der Waals surface area contributed by atoms with Crippen molar-refractivity contribution >= 4 is 37.9 Å². The monoisotopic (exact) mass is 350 g/mol. The minimum Gasteiger partial charge on any atom is -0.0795 e. The van der Waals surface area contributed by atoms with Gasteiger partial charge in [-0.1, -0.05) is 80.4 Å². The molecule has 2 aromatic rings. The minimum atomic E-state index is 0.933. The second kappa shape index (κ2) is 6.18. The highest BCUT2D eigenvalue weighted by atomic mass is 79.9. The topological polar surface area (TPSA) is 0 Å². The van der Waals surface area contributed by atoms with Crippen LogP contribution in [0.4, 0.5) is 0 Å². The van der Waals surface area contributed by atoms with Crippen LogP contribution in [0.5, 0.6) is 0 Å². The second-order valence-corrected chi connectivity index (χ2v) is 5.43. The van der Waals surface area contributed by atoms with Gasteiger partial charge in [0.05, 0.1) is 0 Å². The van der Waals surface area contributed by atoms with Crippen molar-refractivity contribution < 1.29 is 0 Å². The van der Waals surface area contributed by atoms with Gasteiger partial charge in [0, 0.05) is 8.95 Å². The average molecular weight is 352 g/mol. The van der Waals surface area contributed by atoms with Gasteiger partial charge in [-0.25, -0.2) is 0 Å². The third-order valence-corrected chi connectivity index (χ3v) is 3.99. The van der Waals surface area contributed by atoms with Gasteiger partial charge in [-0.15, -0.1) is 0 Å². The van der Waals surface area contributed by atoms with Crippen molar-refractivity contribution in [2.75, 3.05) is 0 Å². The molecule has 2 aromatic carbocycles. The Morgan fingerprint density at radius 2 is 1.47 bits per heavy atom. The summed E-state index contributed by atoms with van der Waals surface area (Å²) in [6.07, 6.45) is 5.26. The number of allylic oxidation sites excluding steroid dienone is 1. The Hall–Kier alpha value is -0.860. The summed E-state index contributed by atoms with van der Waals surface area (Å²) in [5.74, 6) is 0. The highest BCUT2D eigenvalue weighted by molar-refractivity contribution is 9.10. The predicted octanol–water partition coefficient (Wildman–Crippen LogP) is 5.47. The van der Waals surface area contributed by atoms with Crippen LogP contribution in [-0.4, -0.2) is 0 Å². The molecule has 17 heavy (non-hydrogen) atoms. The van der Waals surface area contributed by atoms with E-state index < -0.39 is 0 Å². The van der Waals surface area contributed by atoms with E-state index in [1.54, 1.807) is 0 Å². The Bertz CT molecular complexity index is 530. The lowest BCUT2D eigenvalue weighted by Gasteiger charge is -2.00. The zero-order valence-corrected chi connectivity index (χ0v) is 12.4. The van der Waals surface area contributed by atoms with Crippen molar-refractivity contribution in [3.05, 3.63) is 74.7 Å². The second-order valence-electron chi connectivity index (χ2n) is 3.72. The molecule has 0 aliphatic rings. The van der Waals surface area contributed by atoms with E-state index >= 15 is 0 Å². The van der Waals surface area contributed by atoms with Crippen molar-refractivity contribution in [3.63, 3.8) is 0 Å². The lowest BCUT2D eigenvalue weighted by molar-refractivity contribution is 1.26. The van der Waals surface area contributed by atoms with Crippen molar-refractivity contribution in [1.82, 2.24) is 0 Å². The molecule has 2 rings (SSSR count). The fraction of sp³-hybridized carbons (Fsp3) is 0.0667. The molecule has 0 fully saturated rings. The van der Waals surface area contributed by atoms with Crippen LogP contribution in [0.25, 0.3) is 6.08 Å². The quantitative estimate of drug-likeness (QED) is 0.688. The first-order valence-corrected chi connectivity index (χ1v) is 7.00. The maximum atomic E-state index is 3.55. The Morgan fingerprint density at radius 3 is 2.18 bits per heavy atom. The molecule has 0 amide bonds. The molecule has 0 bridgehead atoms. The highest BCUT2D eigenvalue weighted by Crippen LogP contribution is 2.19. The van der Waals surface area contributed by atoms with Gasteiger partial charge < -0.3 is 0 Å². The molecule has 0 nitrogen and oxygen atoms in total. The number of hydrogen-bond donors (Lipinski definition) is 0. The van der Waals surface area contributed by atoms with Gasteiger partial charge in [0.1, 0.15) is 0 Å². The maximum absolute atomic E-state index is 3.55. The van der Waals surface area contributed by atoms with Crippen molar-refractivity contribution in [2.45, 2.75) is 6.42 Å². The van der Waals surface area contributed by atoms with Crippen LogP contribution in [0.15, 0.2) is 63.6 Å². The first-order chi connectivity index (χ1) is 8.27. The molecule has 86 valence electrons. The Morgan fingerprint density at radius 1 is 0.824 bits per heavy atom. The Kier molecular flexibility index (Phi) is 4.57. The first-order valence-electron chi connectivity index (χ1n) is 5.42. The smallest absolute Gasteiger partial charge is 0.0247 e. The third kappa shape index (κ3) is 3.55. The van der Waals surface area contributed by atoms with Gasteiger partial charge in [-0.05, 0) is 29.7 Å². The number of rotatable bonds is 3. The highest BCUT2D eigenvalue weighted by Gasteiger charge is 1.96. The number of hydrogen-bond acceptors (Lipinski definition) is 0. The summed E-state index contributed by atoms with van der Waals surface area (Å²) in [4.78, 5) is 0.